The summed E-state index contributed by atoms with van der Waals surface area (Å²) < 4.78 is 18.7. The number of anilines is 1. The van der Waals surface area contributed by atoms with Crippen LogP contribution in [0.1, 0.15) is 22.8 Å². The number of Topliss-reactive ketones (excluding diaryl/α,β-unsaturated/α-hetero) is 1. The Kier molecular flexibility index (Phi) is 3.51. The van der Waals surface area contributed by atoms with Gasteiger partial charge >= 0.3 is 0 Å². The third-order valence-electron chi connectivity index (χ3n) is 2.77. The molecule has 0 aliphatic heterocycles. The Hall–Kier alpha value is -2.36. The van der Waals surface area contributed by atoms with E-state index in [2.05, 4.69) is 0 Å². The predicted octanol–water partition coefficient (Wildman–Crippen LogP) is 3.71. The van der Waals surface area contributed by atoms with Gasteiger partial charge in [0.1, 0.15) is 17.3 Å². The molecular formula is C15H14FNO2. The first kappa shape index (κ1) is 13.1. The fraction of sp³-hybridized carbons (Fsp3) is 0.133. The molecule has 4 heteroatoms. The Labute approximate surface area is 110 Å². The standard InChI is InChI=1S/C15H14FNO2/c1-9-7-11(3-5-14(9)16)19-12-4-6-15(17)13(8-12)10(2)18/h3-8H,17H2,1-2H3. The van der Waals surface area contributed by atoms with Crippen LogP contribution in [-0.4, -0.2) is 5.78 Å². The summed E-state index contributed by atoms with van der Waals surface area (Å²) in [7, 11) is 0. The van der Waals surface area contributed by atoms with Gasteiger partial charge < -0.3 is 10.5 Å². The van der Waals surface area contributed by atoms with E-state index in [1.54, 1.807) is 31.2 Å². The van der Waals surface area contributed by atoms with E-state index in [0.717, 1.165) is 0 Å². The van der Waals surface area contributed by atoms with Crippen molar-refractivity contribution in [1.29, 1.82) is 0 Å². The van der Waals surface area contributed by atoms with Crippen molar-refractivity contribution in [2.24, 2.45) is 0 Å². The molecule has 0 unspecified atom stereocenters. The first-order valence-corrected chi connectivity index (χ1v) is 5.82. The van der Waals surface area contributed by atoms with Gasteiger partial charge in [-0.05, 0) is 55.8 Å². The predicted molar refractivity (Wildman–Crippen MR) is 72.1 cm³/mol. The number of carbonyl (C=O) groups excluding carboxylic acids is 1. The summed E-state index contributed by atoms with van der Waals surface area (Å²) in [5.74, 6) is 0.593. The highest BCUT2D eigenvalue weighted by molar-refractivity contribution is 5.99. The number of nitrogen functional groups attached to an aromatic ring is 1. The zero-order valence-corrected chi connectivity index (χ0v) is 10.7. The number of benzene rings is 2. The number of nitrogens with two attached hydrogens (primary N) is 1. The average molecular weight is 259 g/mol. The van der Waals surface area contributed by atoms with Crippen LogP contribution in [0.2, 0.25) is 0 Å². The van der Waals surface area contributed by atoms with Crippen molar-refractivity contribution in [2.75, 3.05) is 5.73 Å². The summed E-state index contributed by atoms with van der Waals surface area (Å²) in [6, 6.07) is 9.33. The lowest BCUT2D eigenvalue weighted by molar-refractivity contribution is 0.101. The zero-order valence-electron chi connectivity index (χ0n) is 10.7. The minimum Gasteiger partial charge on any atom is -0.457 e. The third kappa shape index (κ3) is 2.91. The average Bonchev–Trinajstić information content (AvgIpc) is 2.36. The van der Waals surface area contributed by atoms with Gasteiger partial charge in [0, 0.05) is 11.3 Å². The van der Waals surface area contributed by atoms with Gasteiger partial charge in [-0.25, -0.2) is 4.39 Å². The van der Waals surface area contributed by atoms with Gasteiger partial charge in [-0.3, -0.25) is 4.79 Å². The van der Waals surface area contributed by atoms with Crippen LogP contribution in [0.4, 0.5) is 10.1 Å². The van der Waals surface area contributed by atoms with Crippen LogP contribution in [0.5, 0.6) is 11.5 Å². The van der Waals surface area contributed by atoms with E-state index in [0.29, 0.717) is 28.3 Å². The van der Waals surface area contributed by atoms with Gasteiger partial charge in [0.05, 0.1) is 0 Å². The van der Waals surface area contributed by atoms with Crippen molar-refractivity contribution in [3.63, 3.8) is 0 Å². The van der Waals surface area contributed by atoms with E-state index in [-0.39, 0.29) is 11.6 Å². The van der Waals surface area contributed by atoms with Gasteiger partial charge in [-0.15, -0.1) is 0 Å². The lowest BCUT2D eigenvalue weighted by Gasteiger charge is -2.09. The summed E-state index contributed by atoms with van der Waals surface area (Å²) in [5, 5.41) is 0. The zero-order chi connectivity index (χ0) is 14.0. The van der Waals surface area contributed by atoms with Crippen LogP contribution >= 0.6 is 0 Å². The Morgan fingerprint density at radius 3 is 2.42 bits per heavy atom. The molecule has 2 rings (SSSR count). The molecule has 0 radical (unpaired) electrons. The number of ketones is 1. The van der Waals surface area contributed by atoms with Gasteiger partial charge in [0.2, 0.25) is 0 Å². The summed E-state index contributed by atoms with van der Waals surface area (Å²) in [5.41, 5.74) is 7.03. The van der Waals surface area contributed by atoms with E-state index >= 15 is 0 Å². The van der Waals surface area contributed by atoms with Crippen molar-refractivity contribution >= 4 is 11.5 Å². The molecule has 0 saturated carbocycles. The summed E-state index contributed by atoms with van der Waals surface area (Å²) in [6.45, 7) is 3.10. The highest BCUT2D eigenvalue weighted by Crippen LogP contribution is 2.26. The molecule has 0 amide bonds. The molecule has 0 fully saturated rings. The van der Waals surface area contributed by atoms with Crippen LogP contribution in [0.3, 0.4) is 0 Å². The van der Waals surface area contributed by atoms with Crippen LogP contribution in [0.15, 0.2) is 36.4 Å². The lowest BCUT2D eigenvalue weighted by atomic mass is 10.1. The Morgan fingerprint density at radius 1 is 1.16 bits per heavy atom. The molecule has 98 valence electrons. The molecule has 2 aromatic rings. The first-order chi connectivity index (χ1) is 8.97. The van der Waals surface area contributed by atoms with E-state index in [9.17, 15) is 9.18 Å². The van der Waals surface area contributed by atoms with Crippen molar-refractivity contribution in [3.8, 4) is 11.5 Å². The van der Waals surface area contributed by atoms with Gasteiger partial charge in [-0.2, -0.15) is 0 Å². The molecule has 0 aromatic heterocycles. The normalized spacial score (nSPS) is 10.3. The van der Waals surface area contributed by atoms with Gasteiger partial charge in [0.25, 0.3) is 0 Å². The number of aryl methyl sites for hydroxylation is 1. The van der Waals surface area contributed by atoms with E-state index < -0.39 is 0 Å². The van der Waals surface area contributed by atoms with E-state index in [1.165, 1.54) is 19.1 Å². The molecular weight excluding hydrogens is 245 g/mol. The van der Waals surface area contributed by atoms with Crippen molar-refractivity contribution in [2.45, 2.75) is 13.8 Å². The van der Waals surface area contributed by atoms with Gasteiger partial charge in [0.15, 0.2) is 5.78 Å². The molecule has 0 aliphatic rings. The number of hydrogen-bond acceptors (Lipinski definition) is 3. The van der Waals surface area contributed by atoms with E-state index in [4.69, 9.17) is 10.5 Å². The van der Waals surface area contributed by atoms with Crippen LogP contribution in [0, 0.1) is 12.7 Å². The molecule has 0 spiro atoms. The molecule has 19 heavy (non-hydrogen) atoms. The lowest BCUT2D eigenvalue weighted by Crippen LogP contribution is -1.99. The number of ether oxygens (including phenoxy) is 1. The maximum Gasteiger partial charge on any atom is 0.162 e. The summed E-state index contributed by atoms with van der Waals surface area (Å²) in [6.07, 6.45) is 0. The molecule has 0 heterocycles. The highest BCUT2D eigenvalue weighted by atomic mass is 19.1. The van der Waals surface area contributed by atoms with Crippen LogP contribution < -0.4 is 10.5 Å². The first-order valence-electron chi connectivity index (χ1n) is 5.82. The maximum absolute atomic E-state index is 13.1. The van der Waals surface area contributed by atoms with Crippen LogP contribution in [0.25, 0.3) is 0 Å². The monoisotopic (exact) mass is 259 g/mol. The van der Waals surface area contributed by atoms with E-state index in [1.807, 2.05) is 0 Å². The SMILES string of the molecule is CC(=O)c1cc(Oc2ccc(F)c(C)c2)ccc1N. The largest absolute Gasteiger partial charge is 0.457 e. The molecule has 3 nitrogen and oxygen atoms in total. The van der Waals surface area contributed by atoms with Crippen molar-refractivity contribution in [3.05, 3.63) is 53.3 Å². The Morgan fingerprint density at radius 2 is 1.79 bits per heavy atom. The highest BCUT2D eigenvalue weighted by Gasteiger charge is 2.08. The quantitative estimate of drug-likeness (QED) is 0.675. The molecule has 0 aliphatic carbocycles. The molecule has 0 atom stereocenters. The summed E-state index contributed by atoms with van der Waals surface area (Å²) >= 11 is 0. The summed E-state index contributed by atoms with van der Waals surface area (Å²) in [4.78, 5) is 11.4. The van der Waals surface area contributed by atoms with Crippen molar-refractivity contribution < 1.29 is 13.9 Å². The smallest absolute Gasteiger partial charge is 0.162 e. The van der Waals surface area contributed by atoms with Crippen LogP contribution in [-0.2, 0) is 0 Å². The fourth-order valence-corrected chi connectivity index (χ4v) is 1.72. The maximum atomic E-state index is 13.1. The second kappa shape index (κ2) is 5.10. The molecule has 0 bridgehead atoms. The Bertz CT molecular complexity index is 638. The molecule has 2 aromatic carbocycles. The molecule has 2 N–H and O–H groups in total. The Balaban J connectivity index is 2.30. The van der Waals surface area contributed by atoms with Gasteiger partial charge in [-0.1, -0.05) is 0 Å². The van der Waals surface area contributed by atoms with Crippen molar-refractivity contribution in [1.82, 2.24) is 0 Å². The molecule has 0 saturated heterocycles. The number of hydrogen-bond donors (Lipinski definition) is 1. The minimum absolute atomic E-state index is 0.127. The topological polar surface area (TPSA) is 52.3 Å². The third-order valence-corrected chi connectivity index (χ3v) is 2.77. The fourth-order valence-electron chi connectivity index (χ4n) is 1.72. The second-order valence-corrected chi connectivity index (χ2v) is 4.32. The minimum atomic E-state index is -0.283. The number of halogens is 1. The number of carbonyl (C=O) groups is 1. The number of rotatable bonds is 3. The second-order valence-electron chi connectivity index (χ2n) is 4.32.